The lowest BCUT2D eigenvalue weighted by Crippen LogP contribution is -2.53. The van der Waals surface area contributed by atoms with Gasteiger partial charge < -0.3 is 0 Å². The van der Waals surface area contributed by atoms with Crippen molar-refractivity contribution < 1.29 is 0 Å². The van der Waals surface area contributed by atoms with E-state index >= 15 is 0 Å². The molecule has 2 rings (SSSR count). The van der Waals surface area contributed by atoms with Crippen LogP contribution >= 0.6 is 0 Å². The van der Waals surface area contributed by atoms with E-state index in [4.69, 9.17) is 0 Å². The third kappa shape index (κ3) is 1.60. The van der Waals surface area contributed by atoms with Gasteiger partial charge in [-0.2, -0.15) is 0 Å². The molecule has 1 atom stereocenters. The van der Waals surface area contributed by atoms with Crippen molar-refractivity contribution in [1.82, 2.24) is 4.90 Å². The zero-order valence-electron chi connectivity index (χ0n) is 9.89. The van der Waals surface area contributed by atoms with Crippen molar-refractivity contribution in [3.8, 4) is 0 Å². The lowest BCUT2D eigenvalue weighted by atomic mass is 9.67. The number of nitrogens with zero attached hydrogens (tertiary/aromatic N) is 1. The molecule has 0 amide bonds. The molecule has 2 aliphatic heterocycles. The number of rotatable bonds is 2. The van der Waals surface area contributed by atoms with Crippen molar-refractivity contribution in [3.63, 3.8) is 0 Å². The van der Waals surface area contributed by atoms with E-state index in [1.807, 2.05) is 0 Å². The lowest BCUT2D eigenvalue weighted by molar-refractivity contribution is -0.0166. The lowest BCUT2D eigenvalue weighted by Gasteiger charge is -2.52. The molecule has 1 heteroatoms. The first-order chi connectivity index (χ1) is 6.82. The van der Waals surface area contributed by atoms with Gasteiger partial charge in [0.25, 0.3) is 0 Å². The van der Waals surface area contributed by atoms with Crippen LogP contribution in [-0.2, 0) is 0 Å². The summed E-state index contributed by atoms with van der Waals surface area (Å²) in [7, 11) is 0. The molecule has 14 heavy (non-hydrogen) atoms. The van der Waals surface area contributed by atoms with Gasteiger partial charge in [-0.3, -0.25) is 4.90 Å². The van der Waals surface area contributed by atoms with Crippen LogP contribution in [0, 0.1) is 5.41 Å². The average Bonchev–Trinajstić information content (AvgIpc) is 2.28. The second-order valence-electron chi connectivity index (χ2n) is 5.22. The van der Waals surface area contributed by atoms with Gasteiger partial charge in [-0.05, 0) is 57.0 Å². The standard InChI is InChI=1S/C13H25N/c1-3-13(4-2)9-7-11-14-10-6-5-8-12(13)14/h12H,3-11H2,1-2H3. The molecule has 0 saturated carbocycles. The average molecular weight is 195 g/mol. The van der Waals surface area contributed by atoms with Crippen LogP contribution in [0.25, 0.3) is 0 Å². The second kappa shape index (κ2) is 4.22. The molecule has 0 spiro atoms. The van der Waals surface area contributed by atoms with Gasteiger partial charge in [0.2, 0.25) is 0 Å². The molecule has 1 unspecified atom stereocenters. The van der Waals surface area contributed by atoms with E-state index in [-0.39, 0.29) is 0 Å². The van der Waals surface area contributed by atoms with Gasteiger partial charge >= 0.3 is 0 Å². The summed E-state index contributed by atoms with van der Waals surface area (Å²) >= 11 is 0. The van der Waals surface area contributed by atoms with Gasteiger partial charge in [-0.25, -0.2) is 0 Å². The van der Waals surface area contributed by atoms with Gasteiger partial charge in [0, 0.05) is 6.04 Å². The fourth-order valence-electron chi connectivity index (χ4n) is 3.83. The summed E-state index contributed by atoms with van der Waals surface area (Å²) in [5.41, 5.74) is 0.679. The predicted molar refractivity (Wildman–Crippen MR) is 61.5 cm³/mol. The zero-order chi connectivity index (χ0) is 10.0. The molecule has 2 aliphatic rings. The normalized spacial score (nSPS) is 32.6. The Morgan fingerprint density at radius 2 is 1.79 bits per heavy atom. The number of fused-ring (bicyclic) bond motifs is 1. The first kappa shape index (κ1) is 10.5. The third-order valence-electron chi connectivity index (χ3n) is 4.85. The van der Waals surface area contributed by atoms with Crippen molar-refractivity contribution >= 4 is 0 Å². The fourth-order valence-corrected chi connectivity index (χ4v) is 3.83. The Labute approximate surface area is 88.9 Å². The number of hydrogen-bond donors (Lipinski definition) is 0. The summed E-state index contributed by atoms with van der Waals surface area (Å²) in [5.74, 6) is 0. The molecule has 2 heterocycles. The fraction of sp³-hybridized carbons (Fsp3) is 1.00. The topological polar surface area (TPSA) is 3.24 Å². The summed E-state index contributed by atoms with van der Waals surface area (Å²) in [6, 6.07) is 0.931. The maximum absolute atomic E-state index is 2.79. The van der Waals surface area contributed by atoms with Gasteiger partial charge in [0.15, 0.2) is 0 Å². The first-order valence-electron chi connectivity index (χ1n) is 6.56. The van der Waals surface area contributed by atoms with Crippen LogP contribution in [0.15, 0.2) is 0 Å². The Bertz CT molecular complexity index is 182. The highest BCUT2D eigenvalue weighted by atomic mass is 15.2. The van der Waals surface area contributed by atoms with E-state index in [0.717, 1.165) is 6.04 Å². The Morgan fingerprint density at radius 3 is 2.50 bits per heavy atom. The summed E-state index contributed by atoms with van der Waals surface area (Å²) in [5, 5.41) is 0. The molecule has 0 bridgehead atoms. The van der Waals surface area contributed by atoms with Gasteiger partial charge in [-0.1, -0.05) is 20.3 Å². The smallest absolute Gasteiger partial charge is 0.0151 e. The Morgan fingerprint density at radius 1 is 1.07 bits per heavy atom. The summed E-state index contributed by atoms with van der Waals surface area (Å²) in [4.78, 5) is 2.79. The molecular weight excluding hydrogens is 170 g/mol. The van der Waals surface area contributed by atoms with Gasteiger partial charge in [0.1, 0.15) is 0 Å². The van der Waals surface area contributed by atoms with Crippen molar-refractivity contribution in [3.05, 3.63) is 0 Å². The highest BCUT2D eigenvalue weighted by Crippen LogP contribution is 2.45. The van der Waals surface area contributed by atoms with Crippen molar-refractivity contribution in [1.29, 1.82) is 0 Å². The molecule has 0 aliphatic carbocycles. The zero-order valence-corrected chi connectivity index (χ0v) is 9.89. The van der Waals surface area contributed by atoms with Crippen LogP contribution in [0.2, 0.25) is 0 Å². The SMILES string of the molecule is CCC1(CC)CCCN2CCCCC21. The molecule has 0 N–H and O–H groups in total. The second-order valence-corrected chi connectivity index (χ2v) is 5.22. The molecule has 2 fully saturated rings. The largest absolute Gasteiger partial charge is 0.300 e. The van der Waals surface area contributed by atoms with Crippen LogP contribution in [-0.4, -0.2) is 24.0 Å². The third-order valence-corrected chi connectivity index (χ3v) is 4.85. The Kier molecular flexibility index (Phi) is 3.16. The minimum Gasteiger partial charge on any atom is -0.300 e. The summed E-state index contributed by atoms with van der Waals surface area (Å²) in [6.07, 6.45) is 10.1. The van der Waals surface area contributed by atoms with Crippen LogP contribution < -0.4 is 0 Å². The van der Waals surface area contributed by atoms with E-state index in [1.165, 1.54) is 58.0 Å². The molecule has 2 saturated heterocycles. The quantitative estimate of drug-likeness (QED) is 0.652. The predicted octanol–water partition coefficient (Wildman–Crippen LogP) is 3.44. The van der Waals surface area contributed by atoms with E-state index in [9.17, 15) is 0 Å². The van der Waals surface area contributed by atoms with Gasteiger partial charge in [0.05, 0.1) is 0 Å². The van der Waals surface area contributed by atoms with Crippen LogP contribution in [0.4, 0.5) is 0 Å². The summed E-state index contributed by atoms with van der Waals surface area (Å²) < 4.78 is 0. The number of hydrogen-bond acceptors (Lipinski definition) is 1. The molecular formula is C13H25N. The highest BCUT2D eigenvalue weighted by molar-refractivity contribution is 4.96. The summed E-state index contributed by atoms with van der Waals surface area (Å²) in [6.45, 7) is 7.57. The molecule has 0 aromatic rings. The van der Waals surface area contributed by atoms with E-state index in [2.05, 4.69) is 18.7 Å². The van der Waals surface area contributed by atoms with Crippen molar-refractivity contribution in [2.45, 2.75) is 64.8 Å². The maximum atomic E-state index is 2.79. The van der Waals surface area contributed by atoms with Gasteiger partial charge in [-0.15, -0.1) is 0 Å². The minimum absolute atomic E-state index is 0.679. The highest BCUT2D eigenvalue weighted by Gasteiger charge is 2.42. The molecule has 1 nitrogen and oxygen atoms in total. The van der Waals surface area contributed by atoms with E-state index in [0.29, 0.717) is 5.41 Å². The van der Waals surface area contributed by atoms with E-state index in [1.54, 1.807) is 0 Å². The molecule has 0 aromatic carbocycles. The maximum Gasteiger partial charge on any atom is 0.0151 e. The first-order valence-corrected chi connectivity index (χ1v) is 6.56. The van der Waals surface area contributed by atoms with Crippen LogP contribution in [0.1, 0.15) is 58.8 Å². The van der Waals surface area contributed by atoms with Crippen molar-refractivity contribution in [2.75, 3.05) is 13.1 Å². The Balaban J connectivity index is 2.14. The van der Waals surface area contributed by atoms with E-state index < -0.39 is 0 Å². The number of piperidine rings is 2. The molecule has 0 radical (unpaired) electrons. The monoisotopic (exact) mass is 195 g/mol. The van der Waals surface area contributed by atoms with Crippen LogP contribution in [0.5, 0.6) is 0 Å². The molecule has 82 valence electrons. The molecule has 0 aromatic heterocycles. The minimum atomic E-state index is 0.679. The Hall–Kier alpha value is -0.0400. The van der Waals surface area contributed by atoms with Crippen LogP contribution in [0.3, 0.4) is 0 Å². The van der Waals surface area contributed by atoms with Crippen molar-refractivity contribution in [2.24, 2.45) is 5.41 Å².